The van der Waals surface area contributed by atoms with Crippen LogP contribution in [0, 0.1) is 11.3 Å². The summed E-state index contributed by atoms with van der Waals surface area (Å²) in [5, 5.41) is 11.7. The Morgan fingerprint density at radius 1 is 1.18 bits per heavy atom. The average molecular weight is 297 g/mol. The molecule has 0 aliphatic rings. The molecule has 0 radical (unpaired) electrons. The van der Waals surface area contributed by atoms with Gasteiger partial charge in [-0.15, -0.1) is 0 Å². The summed E-state index contributed by atoms with van der Waals surface area (Å²) in [4.78, 5) is 36.8. The molecule has 2 rings (SSSR count). The monoisotopic (exact) mass is 297 g/mol. The summed E-state index contributed by atoms with van der Waals surface area (Å²) in [6.45, 7) is 4.98. The van der Waals surface area contributed by atoms with Gasteiger partial charge in [0.1, 0.15) is 11.4 Å². The molecule has 0 saturated carbocycles. The standard InChI is InChI=1S/C16H15N3O3/c1-9(2)18-13-14(16(22)15(13)21)19(10(3)20)12-6-4-11(8-17)5-7-12/h4-7,9,18H,1-3H3. The maximum atomic E-state index is 12.0. The van der Waals surface area contributed by atoms with Gasteiger partial charge in [-0.2, -0.15) is 5.26 Å². The van der Waals surface area contributed by atoms with Crippen molar-refractivity contribution >= 4 is 23.0 Å². The Morgan fingerprint density at radius 3 is 2.23 bits per heavy atom. The van der Waals surface area contributed by atoms with Crippen molar-refractivity contribution in [2.45, 2.75) is 26.8 Å². The number of amides is 1. The lowest BCUT2D eigenvalue weighted by atomic mass is 10.1. The fourth-order valence-corrected chi connectivity index (χ4v) is 2.17. The van der Waals surface area contributed by atoms with E-state index in [0.717, 1.165) is 0 Å². The first-order valence-corrected chi connectivity index (χ1v) is 6.77. The minimum Gasteiger partial charge on any atom is -0.378 e. The molecule has 0 unspecified atom stereocenters. The number of nitriles is 1. The molecule has 6 nitrogen and oxygen atoms in total. The van der Waals surface area contributed by atoms with Gasteiger partial charge in [0.15, 0.2) is 0 Å². The highest BCUT2D eigenvalue weighted by molar-refractivity contribution is 6.03. The first-order chi connectivity index (χ1) is 10.4. The van der Waals surface area contributed by atoms with Gasteiger partial charge in [0.2, 0.25) is 5.91 Å². The average Bonchev–Trinajstić information content (AvgIpc) is 2.50. The molecular weight excluding hydrogens is 282 g/mol. The summed E-state index contributed by atoms with van der Waals surface area (Å²) < 4.78 is 0. The van der Waals surface area contributed by atoms with Gasteiger partial charge in [-0.05, 0) is 38.1 Å². The molecule has 0 aliphatic heterocycles. The highest BCUT2D eigenvalue weighted by Crippen LogP contribution is 2.29. The van der Waals surface area contributed by atoms with Crippen molar-refractivity contribution in [2.75, 3.05) is 10.2 Å². The van der Waals surface area contributed by atoms with Crippen LogP contribution in [-0.2, 0) is 4.79 Å². The topological polar surface area (TPSA) is 90.3 Å². The van der Waals surface area contributed by atoms with E-state index in [4.69, 9.17) is 5.26 Å². The zero-order chi connectivity index (χ0) is 16.4. The minimum absolute atomic E-state index is 0.0446. The van der Waals surface area contributed by atoms with Gasteiger partial charge in [-0.25, -0.2) is 0 Å². The van der Waals surface area contributed by atoms with Crippen molar-refractivity contribution in [3.63, 3.8) is 0 Å². The second-order valence-electron chi connectivity index (χ2n) is 5.19. The molecule has 0 fully saturated rings. The summed E-state index contributed by atoms with van der Waals surface area (Å²) in [7, 11) is 0. The first-order valence-electron chi connectivity index (χ1n) is 6.77. The maximum Gasteiger partial charge on any atom is 0.254 e. The largest absolute Gasteiger partial charge is 0.378 e. The molecule has 0 atom stereocenters. The van der Waals surface area contributed by atoms with E-state index in [1.807, 2.05) is 19.9 Å². The fourth-order valence-electron chi connectivity index (χ4n) is 2.17. The normalized spacial score (nSPS) is 10.5. The summed E-state index contributed by atoms with van der Waals surface area (Å²) >= 11 is 0. The van der Waals surface area contributed by atoms with Crippen molar-refractivity contribution in [3.8, 4) is 6.07 Å². The lowest BCUT2D eigenvalue weighted by molar-refractivity contribution is -0.115. The highest BCUT2D eigenvalue weighted by Gasteiger charge is 2.29. The van der Waals surface area contributed by atoms with Gasteiger partial charge in [0.05, 0.1) is 11.6 Å². The van der Waals surface area contributed by atoms with Crippen molar-refractivity contribution in [2.24, 2.45) is 0 Å². The predicted molar refractivity (Wildman–Crippen MR) is 84.1 cm³/mol. The number of nitrogens with zero attached hydrogens (tertiary/aromatic N) is 2. The van der Waals surface area contributed by atoms with Crippen molar-refractivity contribution in [1.29, 1.82) is 5.26 Å². The van der Waals surface area contributed by atoms with Gasteiger partial charge in [0, 0.05) is 18.7 Å². The highest BCUT2D eigenvalue weighted by atomic mass is 16.2. The van der Waals surface area contributed by atoms with E-state index in [0.29, 0.717) is 11.3 Å². The van der Waals surface area contributed by atoms with E-state index >= 15 is 0 Å². The lowest BCUT2D eigenvalue weighted by Gasteiger charge is -2.25. The second-order valence-corrected chi connectivity index (χ2v) is 5.19. The summed E-state index contributed by atoms with van der Waals surface area (Å²) in [6, 6.07) is 8.16. The molecule has 2 aromatic carbocycles. The number of rotatable bonds is 4. The molecule has 0 aromatic heterocycles. The van der Waals surface area contributed by atoms with Crippen molar-refractivity contribution in [3.05, 3.63) is 50.3 Å². The lowest BCUT2D eigenvalue weighted by Crippen LogP contribution is -2.43. The predicted octanol–water partition coefficient (Wildman–Crippen LogP) is 1.66. The fraction of sp³-hybridized carbons (Fsp3) is 0.250. The summed E-state index contributed by atoms with van der Waals surface area (Å²) in [5.74, 6) is -0.386. The van der Waals surface area contributed by atoms with Gasteiger partial charge >= 0.3 is 0 Å². The third-order valence-corrected chi connectivity index (χ3v) is 3.11. The molecule has 1 amide bonds. The smallest absolute Gasteiger partial charge is 0.254 e. The molecular formula is C16H15N3O3. The van der Waals surface area contributed by atoms with Crippen LogP contribution in [-0.4, -0.2) is 11.9 Å². The Hall–Kier alpha value is -2.94. The van der Waals surface area contributed by atoms with E-state index in [2.05, 4.69) is 5.32 Å². The Morgan fingerprint density at radius 2 is 1.77 bits per heavy atom. The molecule has 22 heavy (non-hydrogen) atoms. The van der Waals surface area contributed by atoms with Crippen molar-refractivity contribution in [1.82, 2.24) is 0 Å². The Bertz CT molecular complexity index is 822. The van der Waals surface area contributed by atoms with Gasteiger partial charge < -0.3 is 5.32 Å². The van der Waals surface area contributed by atoms with Crippen LogP contribution in [0.1, 0.15) is 26.3 Å². The Labute approximate surface area is 127 Å². The number of benzene rings is 1. The molecule has 0 aliphatic carbocycles. The quantitative estimate of drug-likeness (QED) is 0.867. The third-order valence-electron chi connectivity index (χ3n) is 3.11. The Balaban J connectivity index is 2.52. The number of hydrogen-bond acceptors (Lipinski definition) is 5. The number of carbonyl (C=O) groups excluding carboxylic acids is 1. The van der Waals surface area contributed by atoms with Crippen LogP contribution in [0.5, 0.6) is 0 Å². The number of anilines is 3. The molecule has 6 heteroatoms. The van der Waals surface area contributed by atoms with Crippen LogP contribution in [0.4, 0.5) is 17.1 Å². The van der Waals surface area contributed by atoms with E-state index in [1.54, 1.807) is 24.3 Å². The molecule has 0 saturated heterocycles. The molecule has 2 aromatic rings. The first kappa shape index (κ1) is 15.4. The molecule has 1 N–H and O–H groups in total. The number of hydrogen-bond donors (Lipinski definition) is 1. The molecule has 112 valence electrons. The van der Waals surface area contributed by atoms with Crippen LogP contribution < -0.4 is 21.1 Å². The van der Waals surface area contributed by atoms with E-state index < -0.39 is 10.9 Å². The van der Waals surface area contributed by atoms with Crippen LogP contribution in [0.3, 0.4) is 0 Å². The van der Waals surface area contributed by atoms with E-state index in [-0.39, 0.29) is 23.3 Å². The van der Waals surface area contributed by atoms with Crippen LogP contribution >= 0.6 is 0 Å². The minimum atomic E-state index is -0.692. The third kappa shape index (κ3) is 2.61. The van der Waals surface area contributed by atoms with Gasteiger partial charge in [-0.1, -0.05) is 0 Å². The zero-order valence-electron chi connectivity index (χ0n) is 12.5. The molecule has 0 spiro atoms. The molecule has 0 bridgehead atoms. The summed E-state index contributed by atoms with van der Waals surface area (Å²) in [5.41, 5.74) is -0.232. The zero-order valence-corrected chi connectivity index (χ0v) is 12.5. The van der Waals surface area contributed by atoms with E-state index in [1.165, 1.54) is 11.8 Å². The van der Waals surface area contributed by atoms with Crippen LogP contribution in [0.2, 0.25) is 0 Å². The van der Waals surface area contributed by atoms with Crippen LogP contribution in [0.15, 0.2) is 33.9 Å². The van der Waals surface area contributed by atoms with Crippen LogP contribution in [0.25, 0.3) is 0 Å². The van der Waals surface area contributed by atoms with Crippen molar-refractivity contribution < 1.29 is 4.79 Å². The number of carbonyl (C=O) groups is 1. The maximum absolute atomic E-state index is 12.0. The number of nitrogens with one attached hydrogen (secondary N) is 1. The molecule has 0 heterocycles. The van der Waals surface area contributed by atoms with Gasteiger partial charge in [0.25, 0.3) is 10.9 Å². The second kappa shape index (κ2) is 5.82. The Kier molecular flexibility index (Phi) is 4.08. The SMILES string of the molecule is CC(=O)N(c1ccc(C#N)cc1)c1c(NC(C)C)c(=O)c1=O. The summed E-state index contributed by atoms with van der Waals surface area (Å²) in [6.07, 6.45) is 0. The van der Waals surface area contributed by atoms with Gasteiger partial charge in [-0.3, -0.25) is 19.3 Å². The van der Waals surface area contributed by atoms with E-state index in [9.17, 15) is 14.4 Å².